The van der Waals surface area contributed by atoms with Crippen molar-refractivity contribution in [1.82, 2.24) is 5.32 Å². The lowest BCUT2D eigenvalue weighted by Crippen LogP contribution is -2.45. The molecule has 0 aliphatic carbocycles. The van der Waals surface area contributed by atoms with Gasteiger partial charge in [-0.25, -0.2) is 0 Å². The van der Waals surface area contributed by atoms with Crippen LogP contribution in [0.1, 0.15) is 18.9 Å². The number of carbonyl (C=O) groups is 2. The zero-order valence-electron chi connectivity index (χ0n) is 13.9. The minimum absolute atomic E-state index is 0.135. The van der Waals surface area contributed by atoms with Gasteiger partial charge < -0.3 is 15.0 Å². The molecular formula is C19H19ClN2O3. The topological polar surface area (TPSA) is 58.6 Å². The number of nitrogens with zero attached hydrogens (tertiary/aromatic N) is 1. The molecule has 6 heteroatoms. The molecule has 1 aliphatic heterocycles. The Labute approximate surface area is 151 Å². The number of nitrogens with one attached hydrogen (secondary N) is 1. The summed E-state index contributed by atoms with van der Waals surface area (Å²) in [6.07, 6.45) is -0.349. The Morgan fingerprint density at radius 1 is 1.20 bits per heavy atom. The molecule has 0 radical (unpaired) electrons. The van der Waals surface area contributed by atoms with E-state index in [0.717, 1.165) is 5.56 Å². The van der Waals surface area contributed by atoms with Crippen LogP contribution in [0.2, 0.25) is 5.02 Å². The van der Waals surface area contributed by atoms with Gasteiger partial charge in [0.25, 0.3) is 5.91 Å². The largest absolute Gasteiger partial charge is 0.479 e. The molecule has 1 aliphatic rings. The van der Waals surface area contributed by atoms with Gasteiger partial charge in [-0.15, -0.1) is 0 Å². The maximum absolute atomic E-state index is 12.4. The van der Waals surface area contributed by atoms with Crippen molar-refractivity contribution in [3.63, 3.8) is 0 Å². The first-order chi connectivity index (χ1) is 12.1. The fourth-order valence-corrected chi connectivity index (χ4v) is 2.93. The highest BCUT2D eigenvalue weighted by molar-refractivity contribution is 6.31. The van der Waals surface area contributed by atoms with Crippen LogP contribution in [0, 0.1) is 0 Å². The third kappa shape index (κ3) is 3.94. The highest BCUT2D eigenvalue weighted by Gasteiger charge is 2.31. The lowest BCUT2D eigenvalue weighted by Gasteiger charge is -2.32. The van der Waals surface area contributed by atoms with Gasteiger partial charge in [-0.2, -0.15) is 0 Å². The monoisotopic (exact) mass is 358 g/mol. The number of hydrogen-bond donors (Lipinski definition) is 1. The zero-order valence-corrected chi connectivity index (χ0v) is 14.6. The molecule has 1 N–H and O–H groups in total. The molecule has 1 heterocycles. The fourth-order valence-electron chi connectivity index (χ4n) is 2.73. The molecule has 0 saturated carbocycles. The summed E-state index contributed by atoms with van der Waals surface area (Å²) in [5, 5.41) is 3.46. The summed E-state index contributed by atoms with van der Waals surface area (Å²) < 4.78 is 5.59. The number of ether oxygens (including phenoxy) is 1. The molecule has 0 saturated heterocycles. The SMILES string of the molecule is CC1Oc2ccccc2N(CCC(=O)NCc2ccccc2Cl)C1=O. The number of halogens is 1. The van der Waals surface area contributed by atoms with Crippen molar-refractivity contribution in [3.05, 3.63) is 59.1 Å². The quantitative estimate of drug-likeness (QED) is 0.893. The van der Waals surface area contributed by atoms with Gasteiger partial charge in [-0.05, 0) is 30.7 Å². The van der Waals surface area contributed by atoms with Crippen molar-refractivity contribution in [2.24, 2.45) is 0 Å². The van der Waals surface area contributed by atoms with E-state index in [-0.39, 0.29) is 18.2 Å². The molecule has 0 bridgehead atoms. The van der Waals surface area contributed by atoms with Crippen LogP contribution in [-0.2, 0) is 16.1 Å². The molecule has 1 unspecified atom stereocenters. The van der Waals surface area contributed by atoms with E-state index >= 15 is 0 Å². The first kappa shape index (κ1) is 17.3. The molecule has 0 aromatic heterocycles. The van der Waals surface area contributed by atoms with Crippen molar-refractivity contribution in [1.29, 1.82) is 0 Å². The maximum atomic E-state index is 12.4. The average Bonchev–Trinajstić information content (AvgIpc) is 2.61. The maximum Gasteiger partial charge on any atom is 0.267 e. The van der Waals surface area contributed by atoms with Crippen LogP contribution >= 0.6 is 11.6 Å². The second-order valence-corrected chi connectivity index (χ2v) is 6.24. The number of rotatable bonds is 5. The van der Waals surface area contributed by atoms with Gasteiger partial charge in [0.15, 0.2) is 6.10 Å². The summed E-state index contributed by atoms with van der Waals surface area (Å²) in [4.78, 5) is 26.1. The van der Waals surface area contributed by atoms with E-state index in [2.05, 4.69) is 5.32 Å². The third-order valence-electron chi connectivity index (χ3n) is 4.07. The number of fused-ring (bicyclic) bond motifs is 1. The van der Waals surface area contributed by atoms with E-state index in [1.54, 1.807) is 17.9 Å². The van der Waals surface area contributed by atoms with E-state index in [0.29, 0.717) is 29.5 Å². The van der Waals surface area contributed by atoms with E-state index in [1.807, 2.05) is 42.5 Å². The summed E-state index contributed by atoms with van der Waals surface area (Å²) in [5.41, 5.74) is 1.56. The Balaban J connectivity index is 1.60. The van der Waals surface area contributed by atoms with Gasteiger partial charge in [-0.1, -0.05) is 41.9 Å². The van der Waals surface area contributed by atoms with Gasteiger partial charge in [-0.3, -0.25) is 9.59 Å². The predicted molar refractivity (Wildman–Crippen MR) is 96.8 cm³/mol. The lowest BCUT2D eigenvalue weighted by molar-refractivity contribution is -0.125. The fraction of sp³-hybridized carbons (Fsp3) is 0.263. The van der Waals surface area contributed by atoms with Gasteiger partial charge in [0.05, 0.1) is 5.69 Å². The minimum Gasteiger partial charge on any atom is -0.479 e. The third-order valence-corrected chi connectivity index (χ3v) is 4.44. The molecule has 25 heavy (non-hydrogen) atoms. The Hall–Kier alpha value is -2.53. The first-order valence-electron chi connectivity index (χ1n) is 8.13. The molecule has 1 atom stereocenters. The summed E-state index contributed by atoms with van der Waals surface area (Å²) in [6.45, 7) is 2.38. The Morgan fingerprint density at radius 2 is 1.92 bits per heavy atom. The van der Waals surface area contributed by atoms with Crippen LogP contribution in [0.5, 0.6) is 5.75 Å². The second kappa shape index (κ2) is 7.57. The van der Waals surface area contributed by atoms with Crippen molar-refractivity contribution in [2.45, 2.75) is 26.0 Å². The Bertz CT molecular complexity index is 794. The van der Waals surface area contributed by atoms with Crippen molar-refractivity contribution < 1.29 is 14.3 Å². The van der Waals surface area contributed by atoms with Gasteiger partial charge in [0, 0.05) is 24.5 Å². The highest BCUT2D eigenvalue weighted by Crippen LogP contribution is 2.33. The smallest absolute Gasteiger partial charge is 0.267 e. The second-order valence-electron chi connectivity index (χ2n) is 5.84. The molecule has 2 amide bonds. The molecule has 2 aromatic rings. The van der Waals surface area contributed by atoms with Crippen LogP contribution in [0.15, 0.2) is 48.5 Å². The number of carbonyl (C=O) groups excluding carboxylic acids is 2. The molecule has 3 rings (SSSR count). The van der Waals surface area contributed by atoms with E-state index in [1.165, 1.54) is 0 Å². The normalized spacial score (nSPS) is 16.2. The van der Waals surface area contributed by atoms with Crippen LogP contribution in [0.25, 0.3) is 0 Å². The number of anilines is 1. The first-order valence-corrected chi connectivity index (χ1v) is 8.51. The molecule has 2 aromatic carbocycles. The standard InChI is InChI=1S/C19H19ClN2O3/c1-13-19(24)22(16-8-4-5-9-17(16)25-13)11-10-18(23)21-12-14-6-2-3-7-15(14)20/h2-9,13H,10-12H2,1H3,(H,21,23). The van der Waals surface area contributed by atoms with Crippen molar-refractivity contribution in [3.8, 4) is 5.75 Å². The number of hydrogen-bond acceptors (Lipinski definition) is 3. The number of amides is 2. The Kier molecular flexibility index (Phi) is 5.24. The molecule has 130 valence electrons. The summed E-state index contributed by atoms with van der Waals surface area (Å²) in [7, 11) is 0. The average molecular weight is 359 g/mol. The van der Waals surface area contributed by atoms with E-state index < -0.39 is 6.10 Å². The van der Waals surface area contributed by atoms with Gasteiger partial charge in [0.1, 0.15) is 5.75 Å². The van der Waals surface area contributed by atoms with Crippen LogP contribution < -0.4 is 15.0 Å². The van der Waals surface area contributed by atoms with Crippen LogP contribution in [0.3, 0.4) is 0 Å². The summed E-state index contributed by atoms with van der Waals surface area (Å²) in [5.74, 6) is 0.382. The Morgan fingerprint density at radius 3 is 2.72 bits per heavy atom. The zero-order chi connectivity index (χ0) is 17.8. The van der Waals surface area contributed by atoms with Gasteiger partial charge in [0.2, 0.25) is 5.91 Å². The van der Waals surface area contributed by atoms with Crippen molar-refractivity contribution in [2.75, 3.05) is 11.4 Å². The van der Waals surface area contributed by atoms with Crippen LogP contribution in [0.4, 0.5) is 5.69 Å². The minimum atomic E-state index is -0.555. The summed E-state index contributed by atoms with van der Waals surface area (Å²) >= 11 is 6.08. The van der Waals surface area contributed by atoms with E-state index in [9.17, 15) is 9.59 Å². The summed E-state index contributed by atoms with van der Waals surface area (Å²) in [6, 6.07) is 14.7. The van der Waals surface area contributed by atoms with Crippen molar-refractivity contribution >= 4 is 29.1 Å². The number of para-hydroxylation sites is 2. The lowest BCUT2D eigenvalue weighted by atomic mass is 10.1. The van der Waals surface area contributed by atoms with E-state index in [4.69, 9.17) is 16.3 Å². The predicted octanol–water partition coefficient (Wildman–Crippen LogP) is 3.16. The molecule has 0 fully saturated rings. The number of benzene rings is 2. The van der Waals surface area contributed by atoms with Gasteiger partial charge >= 0.3 is 0 Å². The molecule has 5 nitrogen and oxygen atoms in total. The molecular weight excluding hydrogens is 340 g/mol. The molecule has 0 spiro atoms. The highest BCUT2D eigenvalue weighted by atomic mass is 35.5. The van der Waals surface area contributed by atoms with Crippen LogP contribution in [-0.4, -0.2) is 24.5 Å².